The second kappa shape index (κ2) is 5.58. The Morgan fingerprint density at radius 1 is 1.35 bits per heavy atom. The van der Waals surface area contributed by atoms with Crippen LogP contribution in [-0.4, -0.2) is 30.3 Å². The van der Waals surface area contributed by atoms with Crippen molar-refractivity contribution in [3.63, 3.8) is 0 Å². The zero-order valence-corrected chi connectivity index (χ0v) is 11.2. The Labute approximate surface area is 116 Å². The fourth-order valence-electron chi connectivity index (χ4n) is 2.46. The van der Waals surface area contributed by atoms with Crippen molar-refractivity contribution in [1.82, 2.24) is 15.5 Å². The number of ether oxygens (including phenoxy) is 1. The molecule has 0 bridgehead atoms. The molecule has 2 heterocycles. The number of hydrogen-bond donors (Lipinski definition) is 1. The van der Waals surface area contributed by atoms with Gasteiger partial charge in [0.2, 0.25) is 11.7 Å². The van der Waals surface area contributed by atoms with Crippen LogP contribution in [0.25, 0.3) is 11.4 Å². The van der Waals surface area contributed by atoms with E-state index in [4.69, 9.17) is 9.26 Å². The van der Waals surface area contributed by atoms with Gasteiger partial charge in [-0.2, -0.15) is 4.98 Å². The molecule has 0 unspecified atom stereocenters. The molecule has 1 saturated heterocycles. The Morgan fingerprint density at radius 2 is 2.15 bits per heavy atom. The lowest BCUT2D eigenvalue weighted by molar-refractivity contribution is 0.320. The van der Waals surface area contributed by atoms with Gasteiger partial charge in [-0.15, -0.1) is 0 Å². The Bertz CT molecular complexity index is 594. The molecule has 3 rings (SSSR count). The molecule has 0 saturated carbocycles. The minimum Gasteiger partial charge on any atom is -0.496 e. The number of hydrogen-bond acceptors (Lipinski definition) is 5. The molecule has 2 aromatic rings. The van der Waals surface area contributed by atoms with Crippen LogP contribution in [0, 0.1) is 5.82 Å². The maximum absolute atomic E-state index is 14.0. The summed E-state index contributed by atoms with van der Waals surface area (Å²) in [6.45, 7) is 1.87. The van der Waals surface area contributed by atoms with Crippen LogP contribution in [0.5, 0.6) is 5.75 Å². The summed E-state index contributed by atoms with van der Waals surface area (Å²) < 4.78 is 24.4. The van der Waals surface area contributed by atoms with E-state index in [-0.39, 0.29) is 17.3 Å². The first-order valence-electron chi connectivity index (χ1n) is 6.67. The third-order valence-electron chi connectivity index (χ3n) is 3.55. The lowest BCUT2D eigenvalue weighted by Crippen LogP contribution is -2.26. The van der Waals surface area contributed by atoms with Gasteiger partial charge < -0.3 is 14.6 Å². The molecule has 1 aliphatic heterocycles. The van der Waals surface area contributed by atoms with E-state index < -0.39 is 5.82 Å². The van der Waals surface area contributed by atoms with Gasteiger partial charge >= 0.3 is 0 Å². The summed E-state index contributed by atoms with van der Waals surface area (Å²) in [7, 11) is 1.49. The molecule has 106 valence electrons. The van der Waals surface area contributed by atoms with Crippen LogP contribution in [0.2, 0.25) is 0 Å². The van der Waals surface area contributed by atoms with E-state index in [1.54, 1.807) is 12.1 Å². The summed E-state index contributed by atoms with van der Waals surface area (Å²) in [4.78, 5) is 4.35. The maximum Gasteiger partial charge on any atom is 0.230 e. The van der Waals surface area contributed by atoms with Crippen LogP contribution in [0.1, 0.15) is 24.7 Å². The molecule has 0 atom stereocenters. The van der Waals surface area contributed by atoms with Gasteiger partial charge in [0.05, 0.1) is 7.11 Å². The molecule has 1 aliphatic rings. The number of rotatable bonds is 3. The van der Waals surface area contributed by atoms with Crippen molar-refractivity contribution in [3.8, 4) is 17.1 Å². The van der Waals surface area contributed by atoms with E-state index in [1.807, 2.05) is 0 Å². The lowest BCUT2D eigenvalue weighted by Gasteiger charge is -2.18. The number of piperidine rings is 1. The highest BCUT2D eigenvalue weighted by atomic mass is 19.1. The molecule has 1 aromatic heterocycles. The predicted molar refractivity (Wildman–Crippen MR) is 71.1 cm³/mol. The van der Waals surface area contributed by atoms with Crippen molar-refractivity contribution in [2.24, 2.45) is 0 Å². The third-order valence-corrected chi connectivity index (χ3v) is 3.55. The largest absolute Gasteiger partial charge is 0.496 e. The van der Waals surface area contributed by atoms with Crippen molar-refractivity contribution < 1.29 is 13.7 Å². The lowest BCUT2D eigenvalue weighted by atomic mass is 9.98. The number of methoxy groups -OCH3 is 1. The van der Waals surface area contributed by atoms with E-state index >= 15 is 0 Å². The Morgan fingerprint density at radius 3 is 2.90 bits per heavy atom. The summed E-state index contributed by atoms with van der Waals surface area (Å²) in [5.74, 6) is 1.06. The molecule has 20 heavy (non-hydrogen) atoms. The van der Waals surface area contributed by atoms with Gasteiger partial charge in [-0.25, -0.2) is 4.39 Å². The molecule has 1 N–H and O–H groups in total. The smallest absolute Gasteiger partial charge is 0.230 e. The Hall–Kier alpha value is -1.95. The van der Waals surface area contributed by atoms with Crippen LogP contribution < -0.4 is 10.1 Å². The van der Waals surface area contributed by atoms with E-state index in [0.717, 1.165) is 25.9 Å². The molecular weight excluding hydrogens is 261 g/mol. The molecule has 0 amide bonds. The van der Waals surface area contributed by atoms with Gasteiger partial charge in [0.1, 0.15) is 17.1 Å². The molecule has 1 fully saturated rings. The van der Waals surface area contributed by atoms with Gasteiger partial charge in [-0.3, -0.25) is 0 Å². The first-order valence-corrected chi connectivity index (χ1v) is 6.67. The fourth-order valence-corrected chi connectivity index (χ4v) is 2.46. The highest BCUT2D eigenvalue weighted by Crippen LogP contribution is 2.32. The highest BCUT2D eigenvalue weighted by molar-refractivity contribution is 5.64. The van der Waals surface area contributed by atoms with Gasteiger partial charge in [0.25, 0.3) is 0 Å². The minimum atomic E-state index is -0.415. The van der Waals surface area contributed by atoms with Crippen molar-refractivity contribution in [3.05, 3.63) is 29.9 Å². The predicted octanol–water partition coefficient (Wildman–Crippen LogP) is 2.35. The highest BCUT2D eigenvalue weighted by Gasteiger charge is 2.24. The first-order chi connectivity index (χ1) is 9.79. The summed E-state index contributed by atoms with van der Waals surface area (Å²) in [6.07, 6.45) is 1.91. The zero-order chi connectivity index (χ0) is 13.9. The zero-order valence-electron chi connectivity index (χ0n) is 11.2. The number of halogens is 1. The molecular formula is C14H16FN3O2. The molecule has 0 radical (unpaired) electrons. The SMILES string of the molecule is COc1cccc(F)c1-c1noc(C2CCNCC2)n1. The Balaban J connectivity index is 1.93. The Kier molecular flexibility index (Phi) is 3.64. The van der Waals surface area contributed by atoms with Crippen molar-refractivity contribution in [2.75, 3.05) is 20.2 Å². The van der Waals surface area contributed by atoms with Gasteiger partial charge in [-0.05, 0) is 38.1 Å². The van der Waals surface area contributed by atoms with E-state index in [0.29, 0.717) is 11.6 Å². The third kappa shape index (κ3) is 2.38. The molecule has 1 aromatic carbocycles. The van der Waals surface area contributed by atoms with E-state index in [2.05, 4.69) is 15.5 Å². The monoisotopic (exact) mass is 277 g/mol. The molecule has 0 spiro atoms. The summed E-state index contributed by atoms with van der Waals surface area (Å²) in [5.41, 5.74) is 0.249. The van der Waals surface area contributed by atoms with Gasteiger partial charge in [0, 0.05) is 5.92 Å². The number of aromatic nitrogens is 2. The van der Waals surface area contributed by atoms with E-state index in [9.17, 15) is 4.39 Å². The first kappa shape index (κ1) is 13.1. The van der Waals surface area contributed by atoms with Crippen LogP contribution in [0.4, 0.5) is 4.39 Å². The molecule has 0 aliphatic carbocycles. The quantitative estimate of drug-likeness (QED) is 0.933. The minimum absolute atomic E-state index is 0.244. The molecule has 5 nitrogen and oxygen atoms in total. The summed E-state index contributed by atoms with van der Waals surface area (Å²) in [6, 6.07) is 4.63. The van der Waals surface area contributed by atoms with Crippen molar-refractivity contribution in [2.45, 2.75) is 18.8 Å². The van der Waals surface area contributed by atoms with Crippen molar-refractivity contribution in [1.29, 1.82) is 0 Å². The standard InChI is InChI=1S/C14H16FN3O2/c1-19-11-4-2-3-10(15)12(11)13-17-14(20-18-13)9-5-7-16-8-6-9/h2-4,9,16H,5-8H2,1H3. The average molecular weight is 277 g/mol. The van der Waals surface area contributed by atoms with E-state index in [1.165, 1.54) is 13.2 Å². The van der Waals surface area contributed by atoms with Crippen LogP contribution in [-0.2, 0) is 0 Å². The van der Waals surface area contributed by atoms with Crippen LogP contribution in [0.15, 0.2) is 22.7 Å². The topological polar surface area (TPSA) is 60.2 Å². The van der Waals surface area contributed by atoms with Crippen LogP contribution in [0.3, 0.4) is 0 Å². The fraction of sp³-hybridized carbons (Fsp3) is 0.429. The second-order valence-electron chi connectivity index (χ2n) is 4.80. The average Bonchev–Trinajstić information content (AvgIpc) is 2.97. The van der Waals surface area contributed by atoms with Gasteiger partial charge in [-0.1, -0.05) is 11.2 Å². The number of benzene rings is 1. The number of nitrogens with one attached hydrogen (secondary N) is 1. The molecule has 6 heteroatoms. The summed E-state index contributed by atoms with van der Waals surface area (Å²) >= 11 is 0. The van der Waals surface area contributed by atoms with Crippen LogP contribution >= 0.6 is 0 Å². The normalized spacial score (nSPS) is 16.3. The second-order valence-corrected chi connectivity index (χ2v) is 4.80. The number of nitrogens with zero attached hydrogens (tertiary/aromatic N) is 2. The summed E-state index contributed by atoms with van der Waals surface area (Å²) in [5, 5.41) is 7.19. The van der Waals surface area contributed by atoms with Crippen molar-refractivity contribution >= 4 is 0 Å². The van der Waals surface area contributed by atoms with Gasteiger partial charge in [0.15, 0.2) is 0 Å². The maximum atomic E-state index is 14.0.